The van der Waals surface area contributed by atoms with Crippen molar-refractivity contribution in [2.75, 3.05) is 0 Å². The zero-order valence-electron chi connectivity index (χ0n) is 18.6. The summed E-state index contributed by atoms with van der Waals surface area (Å²) in [6.45, 7) is 16.5. The molecule has 0 N–H and O–H groups in total. The number of hydrogen-bond donors (Lipinski definition) is 0. The standard InChI is InChI=1S/C20H18.C3H8.2C2H6/c1-15-8-10-18(11-9-15)20-13-16(2)12-19(14-20)17-6-4-3-5-7-17;1-3-2;2*1-2/h3-14H,1-2H3;3H2,1-2H3;2*1-2H3. The highest BCUT2D eigenvalue weighted by Gasteiger charge is 2.03. The van der Waals surface area contributed by atoms with Gasteiger partial charge in [0.1, 0.15) is 0 Å². The van der Waals surface area contributed by atoms with Crippen molar-refractivity contribution in [3.8, 4) is 22.3 Å². The van der Waals surface area contributed by atoms with E-state index in [2.05, 4.69) is 100 Å². The largest absolute Gasteiger partial charge is 0.0683 e. The Morgan fingerprint density at radius 3 is 1.33 bits per heavy atom. The molecule has 0 aliphatic heterocycles. The van der Waals surface area contributed by atoms with E-state index >= 15 is 0 Å². The summed E-state index contributed by atoms with van der Waals surface area (Å²) in [5.41, 5.74) is 7.69. The molecule has 0 nitrogen and oxygen atoms in total. The molecule has 0 heteroatoms. The van der Waals surface area contributed by atoms with Crippen LogP contribution in [0.15, 0.2) is 72.8 Å². The van der Waals surface area contributed by atoms with Crippen LogP contribution >= 0.6 is 0 Å². The number of benzene rings is 3. The zero-order valence-corrected chi connectivity index (χ0v) is 18.6. The lowest BCUT2D eigenvalue weighted by atomic mass is 9.96. The van der Waals surface area contributed by atoms with E-state index in [1.54, 1.807) is 0 Å². The van der Waals surface area contributed by atoms with Crippen LogP contribution in [0.4, 0.5) is 0 Å². The predicted molar refractivity (Wildman–Crippen MR) is 125 cm³/mol. The topological polar surface area (TPSA) is 0 Å². The minimum absolute atomic E-state index is 1.25. The van der Waals surface area contributed by atoms with Gasteiger partial charge in [-0.15, -0.1) is 0 Å². The first-order chi connectivity index (χ1) is 13.1. The lowest BCUT2D eigenvalue weighted by Gasteiger charge is -2.09. The molecule has 0 amide bonds. The molecule has 0 aliphatic carbocycles. The van der Waals surface area contributed by atoms with E-state index in [1.165, 1.54) is 39.8 Å². The third-order valence-electron chi connectivity index (χ3n) is 3.57. The van der Waals surface area contributed by atoms with E-state index in [0.29, 0.717) is 0 Å². The van der Waals surface area contributed by atoms with Gasteiger partial charge in [0.25, 0.3) is 0 Å². The maximum Gasteiger partial charge on any atom is -0.0175 e. The monoisotopic (exact) mass is 362 g/mol. The molecule has 0 aliphatic rings. The molecule has 0 atom stereocenters. The molecular weight excluding hydrogens is 324 g/mol. The minimum Gasteiger partial charge on any atom is -0.0683 e. The van der Waals surface area contributed by atoms with Crippen molar-refractivity contribution in [2.45, 2.75) is 61.8 Å². The molecule has 3 aromatic carbocycles. The van der Waals surface area contributed by atoms with Crippen LogP contribution in [0.3, 0.4) is 0 Å². The Kier molecular flexibility index (Phi) is 13.5. The fourth-order valence-corrected chi connectivity index (χ4v) is 2.49. The summed E-state index contributed by atoms with van der Waals surface area (Å²) < 4.78 is 0. The average molecular weight is 363 g/mol. The summed E-state index contributed by atoms with van der Waals surface area (Å²) in [5, 5.41) is 0. The molecule has 0 heterocycles. The third kappa shape index (κ3) is 8.73. The second-order valence-electron chi connectivity index (χ2n) is 6.03. The van der Waals surface area contributed by atoms with Gasteiger partial charge in [-0.2, -0.15) is 0 Å². The van der Waals surface area contributed by atoms with Crippen molar-refractivity contribution in [2.24, 2.45) is 0 Å². The Bertz CT molecular complexity index is 722. The second-order valence-corrected chi connectivity index (χ2v) is 6.03. The van der Waals surface area contributed by atoms with E-state index in [1.807, 2.05) is 27.7 Å². The minimum atomic E-state index is 1.25. The van der Waals surface area contributed by atoms with Gasteiger partial charge >= 0.3 is 0 Å². The average Bonchev–Trinajstić information content (AvgIpc) is 2.72. The number of rotatable bonds is 2. The van der Waals surface area contributed by atoms with E-state index in [9.17, 15) is 0 Å². The molecule has 0 fully saturated rings. The first-order valence-corrected chi connectivity index (χ1v) is 10.4. The first-order valence-electron chi connectivity index (χ1n) is 10.4. The van der Waals surface area contributed by atoms with Gasteiger partial charge in [0.2, 0.25) is 0 Å². The van der Waals surface area contributed by atoms with Crippen LogP contribution < -0.4 is 0 Å². The predicted octanol–water partition coefficient (Wildman–Crippen LogP) is 9.11. The third-order valence-corrected chi connectivity index (χ3v) is 3.57. The normalized spacial score (nSPS) is 8.89. The van der Waals surface area contributed by atoms with Crippen LogP contribution in [-0.4, -0.2) is 0 Å². The summed E-state index contributed by atoms with van der Waals surface area (Å²) in [4.78, 5) is 0. The van der Waals surface area contributed by atoms with Gasteiger partial charge in [-0.3, -0.25) is 0 Å². The molecule has 3 rings (SSSR count). The quantitative estimate of drug-likeness (QED) is 0.426. The van der Waals surface area contributed by atoms with Crippen molar-refractivity contribution in [1.82, 2.24) is 0 Å². The highest BCUT2D eigenvalue weighted by atomic mass is 14.1. The van der Waals surface area contributed by atoms with Gasteiger partial charge in [-0.25, -0.2) is 0 Å². The van der Waals surface area contributed by atoms with Crippen LogP contribution in [0, 0.1) is 13.8 Å². The van der Waals surface area contributed by atoms with Crippen LogP contribution in [-0.2, 0) is 0 Å². The maximum absolute atomic E-state index is 2.27. The van der Waals surface area contributed by atoms with Crippen LogP contribution in [0.25, 0.3) is 22.3 Å². The van der Waals surface area contributed by atoms with Gasteiger partial charge in [0.05, 0.1) is 0 Å². The smallest absolute Gasteiger partial charge is 0.0175 e. The first kappa shape index (κ1) is 24.7. The molecule has 0 unspecified atom stereocenters. The molecule has 0 radical (unpaired) electrons. The molecular formula is C27H38. The van der Waals surface area contributed by atoms with Crippen molar-refractivity contribution in [3.05, 3.63) is 83.9 Å². The van der Waals surface area contributed by atoms with Crippen molar-refractivity contribution in [1.29, 1.82) is 0 Å². The van der Waals surface area contributed by atoms with E-state index in [0.717, 1.165) is 0 Å². The Balaban J connectivity index is 0.000000860. The van der Waals surface area contributed by atoms with Gasteiger partial charge in [0, 0.05) is 0 Å². The molecule has 27 heavy (non-hydrogen) atoms. The Labute approximate surface area is 168 Å². The SMILES string of the molecule is CC.CC.CCC.Cc1ccc(-c2cc(C)cc(-c3ccccc3)c2)cc1. The lowest BCUT2D eigenvalue weighted by molar-refractivity contribution is 1.09. The Morgan fingerprint density at radius 2 is 0.889 bits per heavy atom. The van der Waals surface area contributed by atoms with Crippen LogP contribution in [0.2, 0.25) is 0 Å². The van der Waals surface area contributed by atoms with Gasteiger partial charge in [-0.1, -0.05) is 120 Å². The summed E-state index contributed by atoms with van der Waals surface area (Å²) in [6, 6.07) is 26.0. The van der Waals surface area contributed by atoms with Crippen LogP contribution in [0.5, 0.6) is 0 Å². The van der Waals surface area contributed by atoms with Crippen LogP contribution in [0.1, 0.15) is 59.1 Å². The molecule has 0 bridgehead atoms. The molecule has 0 aromatic heterocycles. The van der Waals surface area contributed by atoms with Gasteiger partial charge in [-0.05, 0) is 47.7 Å². The molecule has 0 spiro atoms. The summed E-state index contributed by atoms with van der Waals surface area (Å²) in [5.74, 6) is 0. The number of hydrogen-bond acceptors (Lipinski definition) is 0. The Morgan fingerprint density at radius 1 is 0.481 bits per heavy atom. The fraction of sp³-hybridized carbons (Fsp3) is 0.333. The van der Waals surface area contributed by atoms with E-state index < -0.39 is 0 Å². The summed E-state index contributed by atoms with van der Waals surface area (Å²) in [7, 11) is 0. The van der Waals surface area contributed by atoms with Gasteiger partial charge in [0.15, 0.2) is 0 Å². The summed E-state index contributed by atoms with van der Waals surface area (Å²) >= 11 is 0. The second kappa shape index (κ2) is 14.8. The summed E-state index contributed by atoms with van der Waals surface area (Å²) in [6.07, 6.45) is 1.25. The zero-order chi connectivity index (χ0) is 20.7. The van der Waals surface area contributed by atoms with Crippen molar-refractivity contribution in [3.63, 3.8) is 0 Å². The van der Waals surface area contributed by atoms with Gasteiger partial charge < -0.3 is 0 Å². The Hall–Kier alpha value is -2.34. The highest BCUT2D eigenvalue weighted by molar-refractivity contribution is 5.74. The van der Waals surface area contributed by atoms with E-state index in [4.69, 9.17) is 0 Å². The molecule has 0 saturated heterocycles. The highest BCUT2D eigenvalue weighted by Crippen LogP contribution is 2.28. The van der Waals surface area contributed by atoms with Crippen molar-refractivity contribution < 1.29 is 0 Å². The molecule has 3 aromatic rings. The van der Waals surface area contributed by atoms with E-state index in [-0.39, 0.29) is 0 Å². The van der Waals surface area contributed by atoms with Crippen molar-refractivity contribution >= 4 is 0 Å². The maximum atomic E-state index is 2.27. The fourth-order valence-electron chi connectivity index (χ4n) is 2.49. The lowest BCUT2D eigenvalue weighted by Crippen LogP contribution is -1.84. The molecule has 146 valence electrons. The number of aryl methyl sites for hydroxylation is 2. The molecule has 0 saturated carbocycles.